The number of benzene rings is 2. The molecule has 0 spiro atoms. The van der Waals surface area contributed by atoms with E-state index in [1.54, 1.807) is 36.6 Å². The van der Waals surface area contributed by atoms with Crippen LogP contribution >= 0.6 is 11.3 Å². The van der Waals surface area contributed by atoms with Gasteiger partial charge in [0, 0.05) is 112 Å². The Balaban J connectivity index is 0.602. The van der Waals surface area contributed by atoms with Crippen molar-refractivity contribution in [2.45, 2.75) is 121 Å². The summed E-state index contributed by atoms with van der Waals surface area (Å²) in [7, 11) is 1.59. The van der Waals surface area contributed by atoms with Crippen molar-refractivity contribution in [2.75, 3.05) is 68.5 Å². The molecule has 5 fully saturated rings. The molecule has 5 aliphatic rings. The number of β-amino-alcohol motifs (C(OH)–C–C–N with tert-alkyl or cyclic N) is 1. The molecular weight excluding hydrogens is 1010 g/mol. The number of thiazole rings is 1. The molecule has 5 atom stereocenters. The first-order valence-electron chi connectivity index (χ1n) is 27.2. The van der Waals surface area contributed by atoms with Crippen molar-refractivity contribution in [3.63, 3.8) is 0 Å². The molecule has 2 unspecified atom stereocenters. The highest BCUT2D eigenvalue weighted by Gasteiger charge is 2.44. The maximum absolute atomic E-state index is 14.2. The van der Waals surface area contributed by atoms with Gasteiger partial charge in [0.15, 0.2) is 11.6 Å². The molecule has 2 bridgehead atoms. The molecule has 78 heavy (non-hydrogen) atoms. The number of pyridine rings is 1. The number of ether oxygens (including phenoxy) is 4. The highest BCUT2D eigenvalue weighted by molar-refractivity contribution is 7.13. The van der Waals surface area contributed by atoms with Gasteiger partial charge in [0.1, 0.15) is 36.2 Å². The standard InChI is InChI=1S/C57H69N11O9S/c1-33(2)53(57(72)67-31-40(69)23-47(67)56(71)60-28-36-10-9-35(21-49(36)73-4)54-34(3)61-32-78-54)50-27-52(64-77-50)74-20-19-65-17-14-41(15-18-65)75-42-24-43(25-42)76-51-22-37(13-16-59-51)68-38-11-12-39(68)30-66(29-38)46-26-45(62-63-55(46)58)44-7-5-6-8-48(44)70/h5-10,13,16,21-22,26-27,32-33,38-43,47,53,69-70H,11-12,14-15,17-20,23-25,28-31H2,1-4H3,(H2,58,63)(H,60,71)/t38?,39?,40-,42-,43-,47+,53+/m1/s1. The predicted octanol–water partition coefficient (Wildman–Crippen LogP) is 6.60. The van der Waals surface area contributed by atoms with Crippen LogP contribution in [0.2, 0.25) is 0 Å². The van der Waals surface area contributed by atoms with Gasteiger partial charge >= 0.3 is 0 Å². The lowest BCUT2D eigenvalue weighted by Crippen LogP contribution is -2.54. The Kier molecular flexibility index (Phi) is 15.7. The summed E-state index contributed by atoms with van der Waals surface area (Å²) in [4.78, 5) is 46.6. The highest BCUT2D eigenvalue weighted by Crippen LogP contribution is 2.41. The summed E-state index contributed by atoms with van der Waals surface area (Å²) in [5.41, 5.74) is 14.1. The van der Waals surface area contributed by atoms with Gasteiger partial charge in [-0.15, -0.1) is 21.5 Å². The van der Waals surface area contributed by atoms with E-state index in [-0.39, 0.29) is 73.4 Å². The lowest BCUT2D eigenvalue weighted by Gasteiger charge is -2.43. The van der Waals surface area contributed by atoms with E-state index < -0.39 is 18.1 Å². The van der Waals surface area contributed by atoms with Crippen LogP contribution in [-0.4, -0.2) is 153 Å². The number of rotatable bonds is 19. The summed E-state index contributed by atoms with van der Waals surface area (Å²) in [5, 5.41) is 36.9. The summed E-state index contributed by atoms with van der Waals surface area (Å²) in [6, 6.07) is 20.4. The van der Waals surface area contributed by atoms with Gasteiger partial charge in [-0.2, -0.15) is 0 Å². The quantitative estimate of drug-likeness (QED) is 0.0668. The Morgan fingerprint density at radius 3 is 2.45 bits per heavy atom. The van der Waals surface area contributed by atoms with E-state index in [1.807, 2.05) is 68.9 Å². The summed E-state index contributed by atoms with van der Waals surface area (Å²) in [5.74, 6) is 0.852. The van der Waals surface area contributed by atoms with Crippen molar-refractivity contribution in [3.8, 4) is 45.0 Å². The van der Waals surface area contributed by atoms with Crippen LogP contribution in [-0.2, 0) is 20.9 Å². The molecule has 1 aliphatic carbocycles. The molecular formula is C57H69N11O9S. The third-order valence-corrected chi connectivity index (χ3v) is 17.1. The number of carbonyl (C=O) groups excluding carboxylic acids is 2. The zero-order valence-corrected chi connectivity index (χ0v) is 45.4. The van der Waals surface area contributed by atoms with Crippen LogP contribution in [0.15, 0.2) is 83.0 Å². The molecule has 5 N–H and O–H groups in total. The van der Waals surface area contributed by atoms with E-state index in [0.717, 1.165) is 97.8 Å². The van der Waals surface area contributed by atoms with Gasteiger partial charge in [0.05, 0.1) is 52.9 Å². The molecule has 21 heteroatoms. The molecule has 2 amide bonds. The molecule has 4 aromatic heterocycles. The minimum absolute atomic E-state index is 0.0339. The van der Waals surface area contributed by atoms with Gasteiger partial charge in [-0.05, 0) is 79.6 Å². The molecule has 20 nitrogen and oxygen atoms in total. The number of piperidine rings is 1. The number of nitrogens with one attached hydrogen (secondary N) is 1. The fraction of sp³-hybridized carbons (Fsp3) is 0.491. The minimum atomic E-state index is -0.859. The topological polar surface area (TPSA) is 240 Å². The number of carbonyl (C=O) groups is 2. The van der Waals surface area contributed by atoms with E-state index in [1.165, 1.54) is 4.90 Å². The number of nitrogens with zero attached hydrogens (tertiary/aromatic N) is 9. The second-order valence-corrected chi connectivity index (χ2v) is 22.5. The smallest absolute Gasteiger partial charge is 0.254 e. The van der Waals surface area contributed by atoms with E-state index in [0.29, 0.717) is 53.5 Å². The van der Waals surface area contributed by atoms with Crippen molar-refractivity contribution < 1.29 is 43.3 Å². The summed E-state index contributed by atoms with van der Waals surface area (Å²) < 4.78 is 30.4. The second-order valence-electron chi connectivity index (χ2n) is 21.6. The molecule has 11 rings (SSSR count). The number of amides is 2. The van der Waals surface area contributed by atoms with Gasteiger partial charge < -0.3 is 59.4 Å². The van der Waals surface area contributed by atoms with Crippen molar-refractivity contribution in [3.05, 3.63) is 95.5 Å². The third kappa shape index (κ3) is 11.4. The number of anilines is 3. The number of aromatic nitrogens is 5. The first-order valence-corrected chi connectivity index (χ1v) is 28.1. The van der Waals surface area contributed by atoms with Gasteiger partial charge in [-0.25, -0.2) is 9.97 Å². The Hall–Kier alpha value is -7.07. The number of nitrogen functional groups attached to an aromatic ring is 1. The second kappa shape index (κ2) is 23.1. The maximum atomic E-state index is 14.2. The number of piperazine rings is 1. The van der Waals surface area contributed by atoms with E-state index >= 15 is 0 Å². The monoisotopic (exact) mass is 1080 g/mol. The Bertz CT molecular complexity index is 3060. The summed E-state index contributed by atoms with van der Waals surface area (Å²) in [6.45, 7) is 10.5. The number of methoxy groups -OCH3 is 1. The number of aromatic hydroxyl groups is 1. The van der Waals surface area contributed by atoms with Crippen LogP contribution in [0, 0.1) is 12.8 Å². The number of para-hydroxylation sites is 1. The number of fused-ring (bicyclic) bond motifs is 2. The van der Waals surface area contributed by atoms with Crippen molar-refractivity contribution in [2.24, 2.45) is 5.92 Å². The fourth-order valence-electron chi connectivity index (χ4n) is 11.9. The number of hydrogen-bond acceptors (Lipinski definition) is 19. The Labute approximate surface area is 457 Å². The first kappa shape index (κ1) is 53.0. The molecule has 0 radical (unpaired) electrons. The molecule has 1 saturated carbocycles. The third-order valence-electron chi connectivity index (χ3n) is 16.1. The van der Waals surface area contributed by atoms with Gasteiger partial charge in [0.2, 0.25) is 17.7 Å². The molecule has 8 heterocycles. The SMILES string of the molecule is COc1cc(-c2scnc2C)ccc1CNC(=O)[C@@H]1C[C@@H](O)CN1C(=O)[C@H](c1cc(OCCN2CCC(O[C@H]3C[C@H](Oc4cc(N5C6CCC5CN(c5cc(-c7ccccc7O)nnc5N)C6)ccn4)C3)CC2)no1)C(C)C. The lowest BCUT2D eigenvalue weighted by atomic mass is 9.91. The van der Waals surface area contributed by atoms with Crippen LogP contribution in [0.25, 0.3) is 21.7 Å². The van der Waals surface area contributed by atoms with Crippen molar-refractivity contribution in [1.82, 2.24) is 40.4 Å². The average Bonchev–Trinajstić information content (AvgIpc) is 4.36. The molecule has 4 saturated heterocycles. The predicted molar refractivity (Wildman–Crippen MR) is 294 cm³/mol. The lowest BCUT2D eigenvalue weighted by molar-refractivity contribution is -0.141. The van der Waals surface area contributed by atoms with Crippen molar-refractivity contribution in [1.29, 1.82) is 0 Å². The number of aliphatic hydroxyl groups excluding tert-OH is 1. The van der Waals surface area contributed by atoms with Crippen LogP contribution in [0.1, 0.15) is 81.7 Å². The maximum Gasteiger partial charge on any atom is 0.254 e. The highest BCUT2D eigenvalue weighted by atomic mass is 32.1. The van der Waals surface area contributed by atoms with Gasteiger partial charge in [-0.3, -0.25) is 14.5 Å². The summed E-state index contributed by atoms with van der Waals surface area (Å²) in [6.07, 6.45) is 7.15. The fourth-order valence-corrected chi connectivity index (χ4v) is 12.7. The first-order chi connectivity index (χ1) is 37.8. The normalized spacial score (nSPS) is 22.9. The number of phenols is 1. The number of hydrogen-bond donors (Lipinski definition) is 4. The van der Waals surface area contributed by atoms with Crippen LogP contribution in [0.5, 0.6) is 23.3 Å². The summed E-state index contributed by atoms with van der Waals surface area (Å²) >= 11 is 1.55. The Morgan fingerprint density at radius 1 is 0.910 bits per heavy atom. The van der Waals surface area contributed by atoms with E-state index in [9.17, 15) is 19.8 Å². The van der Waals surface area contributed by atoms with Gasteiger partial charge in [-0.1, -0.05) is 38.1 Å². The molecule has 412 valence electrons. The van der Waals surface area contributed by atoms with Crippen LogP contribution < -0.4 is 35.1 Å². The number of likely N-dealkylation sites (tertiary alicyclic amines) is 2. The number of aliphatic hydroxyl groups is 1. The van der Waals surface area contributed by atoms with Crippen LogP contribution in [0.3, 0.4) is 0 Å². The zero-order valence-electron chi connectivity index (χ0n) is 44.6. The van der Waals surface area contributed by atoms with Crippen molar-refractivity contribution >= 4 is 40.3 Å². The van der Waals surface area contributed by atoms with E-state index in [2.05, 4.69) is 57.5 Å². The largest absolute Gasteiger partial charge is 0.507 e. The zero-order chi connectivity index (χ0) is 54.0. The molecule has 2 aromatic carbocycles. The molecule has 4 aliphatic heterocycles. The van der Waals surface area contributed by atoms with Crippen LogP contribution in [0.4, 0.5) is 17.2 Å². The minimum Gasteiger partial charge on any atom is -0.507 e. The van der Waals surface area contributed by atoms with E-state index in [4.69, 9.17) is 29.2 Å². The van der Waals surface area contributed by atoms with Gasteiger partial charge in [0.25, 0.3) is 5.88 Å². The number of aryl methyl sites for hydroxylation is 1. The number of nitrogens with two attached hydrogens (primary N) is 1. The Morgan fingerprint density at radius 2 is 1.71 bits per heavy atom. The molecule has 6 aromatic rings. The average molecular weight is 1080 g/mol. The number of phenolic OH excluding ortho intramolecular Hbond substituents is 1.